The molecule has 1 heterocycles. The fourth-order valence-electron chi connectivity index (χ4n) is 1.05. The van der Waals surface area contributed by atoms with Crippen molar-refractivity contribution in [3.05, 3.63) is 23.7 Å². The van der Waals surface area contributed by atoms with Crippen LogP contribution in [0.5, 0.6) is 0 Å². The van der Waals surface area contributed by atoms with Crippen molar-refractivity contribution in [2.75, 3.05) is 0 Å². The molecule has 0 amide bonds. The molecule has 2 rings (SSSR count). The van der Waals surface area contributed by atoms with Gasteiger partial charge >= 0.3 is 0 Å². The summed E-state index contributed by atoms with van der Waals surface area (Å²) in [5.74, 6) is -0.398. The van der Waals surface area contributed by atoms with Crippen LogP contribution < -0.4 is 5.32 Å². The predicted molar refractivity (Wildman–Crippen MR) is 50.1 cm³/mol. The first-order valence-corrected chi connectivity index (χ1v) is 4.14. The maximum Gasteiger partial charge on any atom is 0.197 e. The van der Waals surface area contributed by atoms with E-state index in [0.717, 1.165) is 0 Å². The van der Waals surface area contributed by atoms with Gasteiger partial charge in [-0.05, 0) is 24.4 Å². The number of fused-ring (bicyclic) bond motifs is 1. The molecule has 1 aliphatic heterocycles. The topological polar surface area (TPSA) is 24.4 Å². The van der Waals surface area contributed by atoms with E-state index in [2.05, 4.69) is 10.3 Å². The summed E-state index contributed by atoms with van der Waals surface area (Å²) in [5, 5.41) is 2.45. The molecule has 1 unspecified atom stereocenters. The van der Waals surface area contributed by atoms with Crippen LogP contribution in [-0.2, 0) is 0 Å². The Kier molecular flexibility index (Phi) is 1.73. The molecule has 0 saturated carbocycles. The molecule has 1 atom stereocenters. The summed E-state index contributed by atoms with van der Waals surface area (Å²) in [7, 11) is 0. The van der Waals surface area contributed by atoms with Crippen LogP contribution in [0.4, 0.5) is 4.39 Å². The number of hydrogen-bond donors (Lipinski definition) is 1. The van der Waals surface area contributed by atoms with E-state index in [1.54, 1.807) is 6.08 Å². The molecule has 1 N–H and O–H groups in total. The molecular formula is C7H4ClFN2S. The zero-order valence-corrected chi connectivity index (χ0v) is 7.42. The fourth-order valence-corrected chi connectivity index (χ4v) is 1.45. The Morgan fingerprint density at radius 2 is 2.42 bits per heavy atom. The summed E-state index contributed by atoms with van der Waals surface area (Å²) in [6.07, 6.45) is 2.84. The molecule has 5 heteroatoms. The van der Waals surface area contributed by atoms with E-state index >= 15 is 0 Å². The largest absolute Gasteiger partial charge is 0.329 e. The molecule has 0 radical (unpaired) electrons. The number of alkyl halides is 1. The highest BCUT2D eigenvalue weighted by Crippen LogP contribution is 2.22. The van der Waals surface area contributed by atoms with E-state index in [1.165, 1.54) is 6.08 Å². The first-order chi connectivity index (χ1) is 5.66. The number of aliphatic imine (C=N–C) groups is 1. The van der Waals surface area contributed by atoms with E-state index in [4.69, 9.17) is 23.8 Å². The molecular weight excluding hydrogens is 199 g/mol. The molecule has 0 saturated heterocycles. The number of rotatable bonds is 0. The van der Waals surface area contributed by atoms with Crippen molar-refractivity contribution in [2.24, 2.45) is 4.99 Å². The Bertz CT molecular complexity index is 345. The van der Waals surface area contributed by atoms with Crippen LogP contribution in [-0.4, -0.2) is 16.2 Å². The maximum absolute atomic E-state index is 12.9. The van der Waals surface area contributed by atoms with Gasteiger partial charge in [0, 0.05) is 0 Å². The van der Waals surface area contributed by atoms with Crippen molar-refractivity contribution >= 4 is 34.6 Å². The average Bonchev–Trinajstić information content (AvgIpc) is 2.30. The second-order valence-corrected chi connectivity index (χ2v) is 3.30. The van der Waals surface area contributed by atoms with Gasteiger partial charge in [-0.3, -0.25) is 0 Å². The van der Waals surface area contributed by atoms with E-state index in [0.29, 0.717) is 16.5 Å². The molecule has 0 fully saturated rings. The Balaban J connectivity index is 2.43. The van der Waals surface area contributed by atoms with E-state index in [9.17, 15) is 4.39 Å². The van der Waals surface area contributed by atoms with Gasteiger partial charge in [-0.1, -0.05) is 0 Å². The highest BCUT2D eigenvalue weighted by molar-refractivity contribution is 7.80. The fraction of sp³-hybridized carbons (Fsp3) is 0.143. The molecule has 0 spiro atoms. The lowest BCUT2D eigenvalue weighted by molar-refractivity contribution is 0.619. The molecule has 0 bridgehead atoms. The Morgan fingerprint density at radius 3 is 3.17 bits per heavy atom. The lowest BCUT2D eigenvalue weighted by Gasteiger charge is -2.09. The molecule has 0 aromatic rings. The van der Waals surface area contributed by atoms with Crippen molar-refractivity contribution in [3.63, 3.8) is 0 Å². The minimum atomic E-state index is -0.702. The summed E-state index contributed by atoms with van der Waals surface area (Å²) in [5.41, 5.74) is 1.22. The molecule has 12 heavy (non-hydrogen) atoms. The van der Waals surface area contributed by atoms with Crippen molar-refractivity contribution in [3.8, 4) is 0 Å². The lowest BCUT2D eigenvalue weighted by atomic mass is 10.1. The zero-order valence-electron chi connectivity index (χ0n) is 5.84. The van der Waals surface area contributed by atoms with Gasteiger partial charge in [-0.15, -0.1) is 11.6 Å². The van der Waals surface area contributed by atoms with Gasteiger partial charge in [0.25, 0.3) is 0 Å². The van der Waals surface area contributed by atoms with Gasteiger partial charge in [0.05, 0.1) is 11.4 Å². The summed E-state index contributed by atoms with van der Waals surface area (Å²) in [6, 6.07) is 0. The average molecular weight is 203 g/mol. The number of allylic oxidation sites excluding steroid dienone is 3. The standard InChI is InChI=1S/C7H4ClFN2S/c8-3-1-5-6(2-4(3)9)11-7(12)10-5/h1-3H,(H,10,12). The summed E-state index contributed by atoms with van der Waals surface area (Å²) < 4.78 is 12.9. The first kappa shape index (κ1) is 7.89. The van der Waals surface area contributed by atoms with Crippen molar-refractivity contribution in [2.45, 2.75) is 5.38 Å². The SMILES string of the molecule is FC1=CC2=NC(=S)NC2=CC1Cl. The predicted octanol–water partition coefficient (Wildman–Crippen LogP) is 1.67. The first-order valence-electron chi connectivity index (χ1n) is 3.30. The van der Waals surface area contributed by atoms with Crippen molar-refractivity contribution < 1.29 is 4.39 Å². The lowest BCUT2D eigenvalue weighted by Crippen LogP contribution is -2.18. The van der Waals surface area contributed by atoms with Crippen LogP contribution >= 0.6 is 23.8 Å². The van der Waals surface area contributed by atoms with Crippen LogP contribution in [0.3, 0.4) is 0 Å². The molecule has 2 nitrogen and oxygen atoms in total. The van der Waals surface area contributed by atoms with Crippen LogP contribution in [0, 0.1) is 0 Å². The highest BCUT2D eigenvalue weighted by atomic mass is 35.5. The smallest absolute Gasteiger partial charge is 0.197 e. The van der Waals surface area contributed by atoms with Crippen LogP contribution in [0.25, 0.3) is 0 Å². The number of nitrogens with one attached hydrogen (secondary N) is 1. The summed E-state index contributed by atoms with van der Waals surface area (Å²) >= 11 is 10.4. The highest BCUT2D eigenvalue weighted by Gasteiger charge is 2.23. The molecule has 0 aromatic heterocycles. The quantitative estimate of drug-likeness (QED) is 0.478. The summed E-state index contributed by atoms with van der Waals surface area (Å²) in [4.78, 5) is 3.89. The van der Waals surface area contributed by atoms with Gasteiger partial charge in [0.1, 0.15) is 11.2 Å². The number of hydrogen-bond acceptors (Lipinski definition) is 1. The minimum absolute atomic E-state index is 0.353. The third kappa shape index (κ3) is 1.17. The van der Waals surface area contributed by atoms with Gasteiger partial charge in [0.2, 0.25) is 0 Å². The number of thiocarbonyl (C=S) groups is 1. The van der Waals surface area contributed by atoms with Gasteiger partial charge < -0.3 is 5.32 Å². The van der Waals surface area contributed by atoms with E-state index in [-0.39, 0.29) is 0 Å². The Morgan fingerprint density at radius 1 is 1.67 bits per heavy atom. The molecule has 2 aliphatic rings. The van der Waals surface area contributed by atoms with E-state index < -0.39 is 11.2 Å². The Hall–Kier alpha value is -0.740. The molecule has 1 aliphatic carbocycles. The second kappa shape index (κ2) is 2.64. The zero-order chi connectivity index (χ0) is 8.72. The molecule has 0 aromatic carbocycles. The normalized spacial score (nSPS) is 27.0. The minimum Gasteiger partial charge on any atom is -0.329 e. The van der Waals surface area contributed by atoms with Crippen molar-refractivity contribution in [1.29, 1.82) is 0 Å². The van der Waals surface area contributed by atoms with E-state index in [1.807, 2.05) is 0 Å². The molecule has 62 valence electrons. The number of nitrogens with zero attached hydrogens (tertiary/aromatic N) is 1. The van der Waals surface area contributed by atoms with Gasteiger partial charge in [-0.2, -0.15) is 0 Å². The summed E-state index contributed by atoms with van der Waals surface area (Å²) in [6.45, 7) is 0. The van der Waals surface area contributed by atoms with Crippen LogP contribution in [0.2, 0.25) is 0 Å². The Labute approximate surface area is 78.8 Å². The van der Waals surface area contributed by atoms with Crippen molar-refractivity contribution in [1.82, 2.24) is 5.32 Å². The third-order valence-electron chi connectivity index (χ3n) is 1.59. The van der Waals surface area contributed by atoms with Gasteiger partial charge in [0.15, 0.2) is 5.11 Å². The van der Waals surface area contributed by atoms with Crippen LogP contribution in [0.15, 0.2) is 28.7 Å². The third-order valence-corrected chi connectivity index (χ3v) is 2.12. The van der Waals surface area contributed by atoms with Gasteiger partial charge in [-0.25, -0.2) is 9.38 Å². The van der Waals surface area contributed by atoms with Crippen LogP contribution in [0.1, 0.15) is 0 Å². The number of halogens is 2. The second-order valence-electron chi connectivity index (χ2n) is 2.44. The monoisotopic (exact) mass is 202 g/mol. The maximum atomic E-state index is 12.9.